The lowest BCUT2D eigenvalue weighted by Crippen LogP contribution is -2.49. The molecule has 2 atom stereocenters. The molecule has 2 aromatic rings. The summed E-state index contributed by atoms with van der Waals surface area (Å²) in [6, 6.07) is 8.89. The highest BCUT2D eigenvalue weighted by atomic mass is 15.3. The average molecular weight is 270 g/mol. The van der Waals surface area contributed by atoms with Gasteiger partial charge >= 0.3 is 0 Å². The van der Waals surface area contributed by atoms with Crippen molar-refractivity contribution in [3.05, 3.63) is 30.0 Å². The smallest absolute Gasteiger partial charge is 0.159 e. The molecule has 2 unspecified atom stereocenters. The van der Waals surface area contributed by atoms with Crippen LogP contribution in [0.5, 0.6) is 0 Å². The first kappa shape index (κ1) is 13.3. The highest BCUT2D eigenvalue weighted by molar-refractivity contribution is 5.93. The standard InChI is InChI=1S/C16H22N4/c1-11(17)15-9-5-6-10-20(15)16-14-8-4-3-7-13(14)12(2)18-19-16/h3-4,7-8,11,15H,5-6,9-10,17H2,1-2H3. The number of rotatable bonds is 2. The molecule has 1 aromatic carbocycles. The van der Waals surface area contributed by atoms with Gasteiger partial charge in [-0.2, -0.15) is 5.10 Å². The maximum absolute atomic E-state index is 6.18. The summed E-state index contributed by atoms with van der Waals surface area (Å²) in [6.45, 7) is 5.12. The first-order valence-corrected chi connectivity index (χ1v) is 7.42. The summed E-state index contributed by atoms with van der Waals surface area (Å²) in [5.74, 6) is 0.994. The molecule has 1 fully saturated rings. The van der Waals surface area contributed by atoms with Gasteiger partial charge in [-0.1, -0.05) is 24.3 Å². The molecular weight excluding hydrogens is 248 g/mol. The van der Waals surface area contributed by atoms with Crippen LogP contribution in [0.15, 0.2) is 24.3 Å². The summed E-state index contributed by atoms with van der Waals surface area (Å²) >= 11 is 0. The van der Waals surface area contributed by atoms with Gasteiger partial charge in [0.25, 0.3) is 0 Å². The second kappa shape index (κ2) is 5.37. The molecule has 4 heteroatoms. The summed E-state index contributed by atoms with van der Waals surface area (Å²) in [6.07, 6.45) is 3.59. The van der Waals surface area contributed by atoms with Crippen molar-refractivity contribution in [2.24, 2.45) is 5.73 Å². The van der Waals surface area contributed by atoms with E-state index in [-0.39, 0.29) is 6.04 Å². The zero-order valence-corrected chi connectivity index (χ0v) is 12.2. The molecule has 2 heterocycles. The highest BCUT2D eigenvalue weighted by Gasteiger charge is 2.28. The van der Waals surface area contributed by atoms with Crippen molar-refractivity contribution in [2.75, 3.05) is 11.4 Å². The first-order chi connectivity index (χ1) is 9.68. The van der Waals surface area contributed by atoms with Crippen LogP contribution in [0, 0.1) is 6.92 Å². The van der Waals surface area contributed by atoms with E-state index < -0.39 is 0 Å². The van der Waals surface area contributed by atoms with Gasteiger partial charge in [-0.15, -0.1) is 5.10 Å². The molecule has 20 heavy (non-hydrogen) atoms. The Morgan fingerprint density at radius 3 is 2.70 bits per heavy atom. The van der Waals surface area contributed by atoms with Crippen LogP contribution in [0.4, 0.5) is 5.82 Å². The Labute approximate surface area is 120 Å². The monoisotopic (exact) mass is 270 g/mol. The minimum Gasteiger partial charge on any atom is -0.350 e. The van der Waals surface area contributed by atoms with Gasteiger partial charge in [0.1, 0.15) is 0 Å². The lowest BCUT2D eigenvalue weighted by molar-refractivity contribution is 0.411. The lowest BCUT2D eigenvalue weighted by Gasteiger charge is -2.39. The van der Waals surface area contributed by atoms with Crippen molar-refractivity contribution >= 4 is 16.6 Å². The predicted octanol–water partition coefficient (Wildman–Crippen LogP) is 2.64. The zero-order chi connectivity index (χ0) is 14.1. The van der Waals surface area contributed by atoms with E-state index in [4.69, 9.17) is 5.73 Å². The molecule has 0 aliphatic carbocycles. The van der Waals surface area contributed by atoms with Crippen LogP contribution < -0.4 is 10.6 Å². The molecule has 106 valence electrons. The molecule has 4 nitrogen and oxygen atoms in total. The number of hydrogen-bond donors (Lipinski definition) is 1. The summed E-state index contributed by atoms with van der Waals surface area (Å²) in [5, 5.41) is 11.2. The summed E-state index contributed by atoms with van der Waals surface area (Å²) in [4.78, 5) is 2.36. The van der Waals surface area contributed by atoms with E-state index >= 15 is 0 Å². The molecule has 0 saturated carbocycles. The van der Waals surface area contributed by atoms with Crippen molar-refractivity contribution in [2.45, 2.75) is 45.2 Å². The van der Waals surface area contributed by atoms with Crippen LogP contribution in [-0.4, -0.2) is 28.8 Å². The molecule has 0 amide bonds. The molecule has 2 N–H and O–H groups in total. The van der Waals surface area contributed by atoms with E-state index in [0.29, 0.717) is 6.04 Å². The van der Waals surface area contributed by atoms with Crippen LogP contribution in [0.1, 0.15) is 31.9 Å². The Morgan fingerprint density at radius 1 is 1.20 bits per heavy atom. The second-order valence-corrected chi connectivity index (χ2v) is 5.77. The van der Waals surface area contributed by atoms with Gasteiger partial charge in [0.05, 0.1) is 5.69 Å². The van der Waals surface area contributed by atoms with Crippen LogP contribution in [-0.2, 0) is 0 Å². The Bertz CT molecular complexity index is 608. The fraction of sp³-hybridized carbons (Fsp3) is 0.500. The van der Waals surface area contributed by atoms with Crippen molar-refractivity contribution in [3.63, 3.8) is 0 Å². The predicted molar refractivity (Wildman–Crippen MR) is 82.9 cm³/mol. The first-order valence-electron chi connectivity index (χ1n) is 7.42. The lowest BCUT2D eigenvalue weighted by atomic mass is 9.96. The van der Waals surface area contributed by atoms with E-state index in [1.54, 1.807) is 0 Å². The van der Waals surface area contributed by atoms with E-state index in [9.17, 15) is 0 Å². The molecule has 1 saturated heterocycles. The summed E-state index contributed by atoms with van der Waals surface area (Å²) < 4.78 is 0. The third-order valence-corrected chi connectivity index (χ3v) is 4.28. The SMILES string of the molecule is Cc1nnc(N2CCCCC2C(C)N)c2ccccc12. The number of piperidine rings is 1. The van der Waals surface area contributed by atoms with Gasteiger partial charge < -0.3 is 10.6 Å². The van der Waals surface area contributed by atoms with Crippen molar-refractivity contribution in [1.82, 2.24) is 10.2 Å². The fourth-order valence-corrected chi connectivity index (χ4v) is 3.20. The molecule has 1 aromatic heterocycles. The largest absolute Gasteiger partial charge is 0.350 e. The minimum absolute atomic E-state index is 0.150. The van der Waals surface area contributed by atoms with E-state index in [2.05, 4.69) is 46.3 Å². The minimum atomic E-state index is 0.150. The molecule has 0 bridgehead atoms. The molecular formula is C16H22N4. The second-order valence-electron chi connectivity index (χ2n) is 5.77. The van der Waals surface area contributed by atoms with Crippen LogP contribution in [0.25, 0.3) is 10.8 Å². The Kier molecular flexibility index (Phi) is 3.57. The zero-order valence-electron chi connectivity index (χ0n) is 12.2. The molecule has 3 rings (SSSR count). The van der Waals surface area contributed by atoms with Gasteiger partial charge in [0, 0.05) is 29.4 Å². The molecule has 1 aliphatic heterocycles. The maximum Gasteiger partial charge on any atom is 0.159 e. The van der Waals surface area contributed by atoms with E-state index in [1.165, 1.54) is 23.6 Å². The number of aromatic nitrogens is 2. The van der Waals surface area contributed by atoms with Gasteiger partial charge in [0.15, 0.2) is 5.82 Å². The number of fused-ring (bicyclic) bond motifs is 1. The Morgan fingerprint density at radius 2 is 1.95 bits per heavy atom. The van der Waals surface area contributed by atoms with Crippen molar-refractivity contribution in [1.29, 1.82) is 0 Å². The summed E-state index contributed by atoms with van der Waals surface area (Å²) in [5.41, 5.74) is 7.16. The Balaban J connectivity index is 2.11. The van der Waals surface area contributed by atoms with Crippen LogP contribution in [0.3, 0.4) is 0 Å². The third kappa shape index (κ3) is 2.24. The molecule has 1 aliphatic rings. The average Bonchev–Trinajstić information content (AvgIpc) is 2.48. The van der Waals surface area contributed by atoms with Crippen molar-refractivity contribution < 1.29 is 0 Å². The summed E-state index contributed by atoms with van der Waals surface area (Å²) in [7, 11) is 0. The normalized spacial score (nSPS) is 21.1. The third-order valence-electron chi connectivity index (χ3n) is 4.28. The number of anilines is 1. The molecule has 0 radical (unpaired) electrons. The van der Waals surface area contributed by atoms with Gasteiger partial charge in [0.2, 0.25) is 0 Å². The maximum atomic E-state index is 6.18. The van der Waals surface area contributed by atoms with Crippen LogP contribution >= 0.6 is 0 Å². The number of nitrogens with two attached hydrogens (primary N) is 1. The number of nitrogens with zero attached hydrogens (tertiary/aromatic N) is 3. The number of benzene rings is 1. The van der Waals surface area contributed by atoms with Crippen LogP contribution in [0.2, 0.25) is 0 Å². The van der Waals surface area contributed by atoms with Gasteiger partial charge in [-0.25, -0.2) is 0 Å². The molecule has 0 spiro atoms. The fourth-order valence-electron chi connectivity index (χ4n) is 3.20. The van der Waals surface area contributed by atoms with Gasteiger partial charge in [-0.05, 0) is 33.1 Å². The van der Waals surface area contributed by atoms with E-state index in [1.807, 2.05) is 6.92 Å². The van der Waals surface area contributed by atoms with Gasteiger partial charge in [-0.3, -0.25) is 0 Å². The Hall–Kier alpha value is -1.68. The van der Waals surface area contributed by atoms with Crippen molar-refractivity contribution in [3.8, 4) is 0 Å². The van der Waals surface area contributed by atoms with E-state index in [0.717, 1.165) is 24.5 Å². The number of hydrogen-bond acceptors (Lipinski definition) is 4. The quantitative estimate of drug-likeness (QED) is 0.911. The number of aryl methyl sites for hydroxylation is 1. The topological polar surface area (TPSA) is 55.0 Å². The highest BCUT2D eigenvalue weighted by Crippen LogP contribution is 2.30.